The number of nitrogens with zero attached hydrogens (tertiary/aromatic N) is 2. The van der Waals surface area contributed by atoms with Crippen molar-refractivity contribution < 1.29 is 23.1 Å². The maximum atomic E-state index is 13.5. The van der Waals surface area contributed by atoms with Crippen molar-refractivity contribution in [3.05, 3.63) is 71.3 Å². The Balaban J connectivity index is 1.44. The van der Waals surface area contributed by atoms with Crippen LogP contribution in [0.1, 0.15) is 41.6 Å². The first kappa shape index (κ1) is 22.4. The van der Waals surface area contributed by atoms with E-state index in [-0.39, 0.29) is 29.5 Å². The van der Waals surface area contributed by atoms with Crippen molar-refractivity contribution >= 4 is 11.8 Å². The second kappa shape index (κ2) is 10.2. The van der Waals surface area contributed by atoms with Crippen molar-refractivity contribution in [2.45, 2.75) is 44.2 Å². The van der Waals surface area contributed by atoms with E-state index in [9.17, 15) is 18.4 Å². The third-order valence-electron chi connectivity index (χ3n) is 6.38. The van der Waals surface area contributed by atoms with Crippen LogP contribution in [0.15, 0.2) is 48.5 Å². The Morgan fingerprint density at radius 3 is 2.22 bits per heavy atom. The molecule has 0 spiro atoms. The van der Waals surface area contributed by atoms with Crippen LogP contribution in [0.2, 0.25) is 0 Å². The summed E-state index contributed by atoms with van der Waals surface area (Å²) in [7, 11) is 0. The lowest BCUT2D eigenvalue weighted by Gasteiger charge is -2.43. The molecule has 2 saturated heterocycles. The molecule has 2 heterocycles. The molecule has 0 aliphatic carbocycles. The van der Waals surface area contributed by atoms with Gasteiger partial charge < -0.3 is 14.5 Å². The normalized spacial score (nSPS) is 17.9. The lowest BCUT2D eigenvalue weighted by atomic mass is 9.96. The van der Waals surface area contributed by atoms with Gasteiger partial charge in [0.1, 0.15) is 0 Å². The third kappa shape index (κ3) is 5.15. The van der Waals surface area contributed by atoms with Crippen LogP contribution in [0, 0.1) is 11.6 Å². The van der Waals surface area contributed by atoms with Crippen LogP contribution in [0.3, 0.4) is 0 Å². The summed E-state index contributed by atoms with van der Waals surface area (Å²) in [5.41, 5.74) is 1.13. The van der Waals surface area contributed by atoms with E-state index in [1.165, 1.54) is 6.07 Å². The van der Waals surface area contributed by atoms with Crippen LogP contribution in [0.25, 0.3) is 0 Å². The maximum absolute atomic E-state index is 13.5. The fourth-order valence-electron chi connectivity index (χ4n) is 4.69. The minimum atomic E-state index is -1.03. The van der Waals surface area contributed by atoms with Crippen molar-refractivity contribution in [2.75, 3.05) is 26.3 Å². The van der Waals surface area contributed by atoms with Gasteiger partial charge in [-0.3, -0.25) is 9.59 Å². The number of hydrogen-bond donors (Lipinski definition) is 0. The van der Waals surface area contributed by atoms with Crippen LogP contribution in [0.4, 0.5) is 8.78 Å². The Kier molecular flexibility index (Phi) is 7.15. The first-order chi connectivity index (χ1) is 15.5. The van der Waals surface area contributed by atoms with Gasteiger partial charge in [0, 0.05) is 44.0 Å². The Hall–Kier alpha value is -2.80. The highest BCUT2D eigenvalue weighted by Crippen LogP contribution is 2.26. The summed E-state index contributed by atoms with van der Waals surface area (Å²) >= 11 is 0. The quantitative estimate of drug-likeness (QED) is 0.708. The molecule has 0 N–H and O–H groups in total. The number of amides is 2. The van der Waals surface area contributed by atoms with Crippen molar-refractivity contribution in [2.24, 2.45) is 0 Å². The number of ether oxygens (including phenoxy) is 1. The summed E-state index contributed by atoms with van der Waals surface area (Å²) in [6.45, 7) is 2.24. The van der Waals surface area contributed by atoms with E-state index in [0.29, 0.717) is 45.6 Å². The zero-order valence-corrected chi connectivity index (χ0v) is 18.0. The number of carbonyl (C=O) groups excluding carboxylic acids is 2. The number of hydrogen-bond acceptors (Lipinski definition) is 3. The SMILES string of the molecule is O=C(c1ccc(F)c(F)c1)N1CCC(N(C(=O)Cc2ccccc2)C2CCOCC2)CC1. The van der Waals surface area contributed by atoms with Gasteiger partial charge in [-0.2, -0.15) is 0 Å². The van der Waals surface area contributed by atoms with E-state index in [0.717, 1.165) is 30.5 Å². The van der Waals surface area contributed by atoms with Crippen LogP contribution < -0.4 is 0 Å². The maximum Gasteiger partial charge on any atom is 0.253 e. The minimum Gasteiger partial charge on any atom is -0.381 e. The first-order valence-corrected chi connectivity index (χ1v) is 11.2. The minimum absolute atomic E-state index is 0.0447. The van der Waals surface area contributed by atoms with E-state index in [1.807, 2.05) is 35.2 Å². The number of piperidine rings is 1. The third-order valence-corrected chi connectivity index (χ3v) is 6.38. The van der Waals surface area contributed by atoms with Crippen molar-refractivity contribution in [3.63, 3.8) is 0 Å². The molecule has 2 aliphatic rings. The second-order valence-electron chi connectivity index (χ2n) is 8.46. The summed E-state index contributed by atoms with van der Waals surface area (Å²) in [5.74, 6) is -2.20. The molecule has 2 fully saturated rings. The molecule has 2 aliphatic heterocycles. The topological polar surface area (TPSA) is 49.9 Å². The number of halogens is 2. The van der Waals surface area contributed by atoms with Crippen LogP contribution in [-0.4, -0.2) is 60.0 Å². The fraction of sp³-hybridized carbons (Fsp3) is 0.440. The molecule has 2 amide bonds. The molecule has 7 heteroatoms. The molecule has 0 unspecified atom stereocenters. The summed E-state index contributed by atoms with van der Waals surface area (Å²) in [6, 6.07) is 13.1. The fourth-order valence-corrected chi connectivity index (χ4v) is 4.69. The molecule has 4 rings (SSSR count). The van der Waals surface area contributed by atoms with E-state index in [4.69, 9.17) is 4.74 Å². The van der Waals surface area contributed by atoms with Gasteiger partial charge >= 0.3 is 0 Å². The number of rotatable bonds is 5. The summed E-state index contributed by atoms with van der Waals surface area (Å²) in [4.78, 5) is 29.8. The molecule has 0 bridgehead atoms. The highest BCUT2D eigenvalue weighted by molar-refractivity contribution is 5.94. The zero-order valence-electron chi connectivity index (χ0n) is 18.0. The highest BCUT2D eigenvalue weighted by Gasteiger charge is 2.35. The van der Waals surface area contributed by atoms with Gasteiger partial charge in [0.15, 0.2) is 11.6 Å². The van der Waals surface area contributed by atoms with Gasteiger partial charge in [-0.1, -0.05) is 30.3 Å². The molecule has 0 radical (unpaired) electrons. The Labute approximate surface area is 187 Å². The molecule has 32 heavy (non-hydrogen) atoms. The van der Waals surface area contributed by atoms with E-state index in [1.54, 1.807) is 4.90 Å². The van der Waals surface area contributed by atoms with Gasteiger partial charge in [-0.15, -0.1) is 0 Å². The Morgan fingerprint density at radius 2 is 1.56 bits per heavy atom. The van der Waals surface area contributed by atoms with Crippen LogP contribution in [-0.2, 0) is 16.0 Å². The van der Waals surface area contributed by atoms with E-state index >= 15 is 0 Å². The van der Waals surface area contributed by atoms with Crippen molar-refractivity contribution in [1.82, 2.24) is 9.80 Å². The number of benzene rings is 2. The van der Waals surface area contributed by atoms with Crippen LogP contribution >= 0.6 is 0 Å². The summed E-state index contributed by atoms with van der Waals surface area (Å²) in [5, 5.41) is 0. The second-order valence-corrected chi connectivity index (χ2v) is 8.46. The summed E-state index contributed by atoms with van der Waals surface area (Å²) in [6.07, 6.45) is 3.30. The number of likely N-dealkylation sites (tertiary alicyclic amines) is 1. The van der Waals surface area contributed by atoms with E-state index < -0.39 is 11.6 Å². The van der Waals surface area contributed by atoms with Gasteiger partial charge in [0.2, 0.25) is 5.91 Å². The standard InChI is InChI=1S/C25H28F2N2O3/c26-22-7-6-19(17-23(22)27)25(31)28-12-8-20(9-13-28)29(21-10-14-32-15-11-21)24(30)16-18-4-2-1-3-5-18/h1-7,17,20-21H,8-16H2. The molecule has 0 aromatic heterocycles. The first-order valence-electron chi connectivity index (χ1n) is 11.2. The molecule has 2 aromatic rings. The highest BCUT2D eigenvalue weighted by atomic mass is 19.2. The molecule has 170 valence electrons. The Morgan fingerprint density at radius 1 is 0.906 bits per heavy atom. The average Bonchev–Trinajstić information content (AvgIpc) is 2.82. The molecular weight excluding hydrogens is 414 g/mol. The average molecular weight is 443 g/mol. The monoisotopic (exact) mass is 442 g/mol. The van der Waals surface area contributed by atoms with Gasteiger partial charge in [-0.25, -0.2) is 8.78 Å². The lowest BCUT2D eigenvalue weighted by molar-refractivity contribution is -0.139. The van der Waals surface area contributed by atoms with Crippen molar-refractivity contribution in [3.8, 4) is 0 Å². The van der Waals surface area contributed by atoms with Crippen molar-refractivity contribution in [1.29, 1.82) is 0 Å². The largest absolute Gasteiger partial charge is 0.381 e. The Bertz CT molecular complexity index is 939. The predicted octanol–water partition coefficient (Wildman–Crippen LogP) is 3.82. The molecule has 0 saturated carbocycles. The van der Waals surface area contributed by atoms with Gasteiger partial charge in [0.05, 0.1) is 6.42 Å². The molecule has 5 nitrogen and oxygen atoms in total. The smallest absolute Gasteiger partial charge is 0.253 e. The van der Waals surface area contributed by atoms with Crippen LogP contribution in [0.5, 0.6) is 0 Å². The zero-order chi connectivity index (χ0) is 22.5. The molecular formula is C25H28F2N2O3. The lowest BCUT2D eigenvalue weighted by Crippen LogP contribution is -2.54. The number of carbonyl (C=O) groups is 2. The molecule has 2 aromatic carbocycles. The van der Waals surface area contributed by atoms with Gasteiger partial charge in [0.25, 0.3) is 5.91 Å². The molecule has 0 atom stereocenters. The van der Waals surface area contributed by atoms with E-state index in [2.05, 4.69) is 0 Å². The predicted molar refractivity (Wildman–Crippen MR) is 116 cm³/mol. The summed E-state index contributed by atoms with van der Waals surface area (Å²) < 4.78 is 32.3. The van der Waals surface area contributed by atoms with Gasteiger partial charge in [-0.05, 0) is 49.4 Å².